The second kappa shape index (κ2) is 7.34. The highest BCUT2D eigenvalue weighted by Gasteiger charge is 2.28. The van der Waals surface area contributed by atoms with Crippen molar-refractivity contribution >= 4 is 11.8 Å². The highest BCUT2D eigenvalue weighted by atomic mass is 16.2. The number of aryl methyl sites for hydroxylation is 1. The van der Waals surface area contributed by atoms with Gasteiger partial charge in [-0.2, -0.15) is 0 Å². The molecule has 0 aliphatic heterocycles. The molecule has 1 fully saturated rings. The van der Waals surface area contributed by atoms with Gasteiger partial charge >= 0.3 is 0 Å². The number of pyridine rings is 1. The minimum absolute atomic E-state index is 0.176. The van der Waals surface area contributed by atoms with E-state index in [1.54, 1.807) is 7.05 Å². The Bertz CT molecular complexity index is 825. The number of carbonyl (C=O) groups is 2. The number of nitrogens with zero attached hydrogens (tertiary/aromatic N) is 1. The van der Waals surface area contributed by atoms with Gasteiger partial charge in [-0.05, 0) is 24.5 Å². The summed E-state index contributed by atoms with van der Waals surface area (Å²) in [5.41, 5.74) is 1.13. The zero-order valence-electron chi connectivity index (χ0n) is 14.1. The third-order valence-corrected chi connectivity index (χ3v) is 4.18. The van der Waals surface area contributed by atoms with Gasteiger partial charge in [0.1, 0.15) is 6.04 Å². The van der Waals surface area contributed by atoms with Gasteiger partial charge in [-0.15, -0.1) is 0 Å². The van der Waals surface area contributed by atoms with Crippen molar-refractivity contribution in [1.82, 2.24) is 15.2 Å². The molecule has 0 bridgehead atoms. The highest BCUT2D eigenvalue weighted by molar-refractivity contribution is 5.97. The van der Waals surface area contributed by atoms with Crippen molar-refractivity contribution in [1.29, 1.82) is 0 Å². The fourth-order valence-electron chi connectivity index (χ4n) is 2.56. The van der Waals surface area contributed by atoms with Crippen LogP contribution in [0.1, 0.15) is 28.8 Å². The van der Waals surface area contributed by atoms with Crippen LogP contribution in [0.2, 0.25) is 0 Å². The standard InChI is InChI=1S/C19H21N3O3/c1-22-12-14(7-10-17(22)23)18(24)21-16(19(25)20-15-8-9-15)11-13-5-3-2-4-6-13/h2-7,10,12,15-16H,8-9,11H2,1H3,(H,20,25)(H,21,24)/t16-/m0/s1. The predicted molar refractivity (Wildman–Crippen MR) is 94.2 cm³/mol. The van der Waals surface area contributed by atoms with Crippen LogP contribution in [0, 0.1) is 0 Å². The molecular formula is C19H21N3O3. The molecule has 1 aliphatic rings. The smallest absolute Gasteiger partial charge is 0.253 e. The molecule has 1 heterocycles. The molecular weight excluding hydrogens is 318 g/mol. The van der Waals surface area contributed by atoms with Crippen LogP contribution in [0.15, 0.2) is 53.5 Å². The van der Waals surface area contributed by atoms with Crippen molar-refractivity contribution in [2.45, 2.75) is 31.3 Å². The SMILES string of the molecule is Cn1cc(C(=O)N[C@@H](Cc2ccccc2)C(=O)NC2CC2)ccc1=O. The second-order valence-electron chi connectivity index (χ2n) is 6.37. The average molecular weight is 339 g/mol. The number of aromatic nitrogens is 1. The van der Waals surface area contributed by atoms with Crippen molar-refractivity contribution in [2.24, 2.45) is 7.05 Å². The van der Waals surface area contributed by atoms with E-state index in [-0.39, 0.29) is 23.4 Å². The van der Waals surface area contributed by atoms with E-state index >= 15 is 0 Å². The lowest BCUT2D eigenvalue weighted by atomic mass is 10.0. The van der Waals surface area contributed by atoms with E-state index in [1.165, 1.54) is 22.9 Å². The summed E-state index contributed by atoms with van der Waals surface area (Å²) in [4.78, 5) is 36.5. The number of nitrogens with one attached hydrogen (secondary N) is 2. The lowest BCUT2D eigenvalue weighted by Crippen LogP contribution is -2.48. The predicted octanol–water partition coefficient (Wildman–Crippen LogP) is 1.00. The molecule has 0 radical (unpaired) electrons. The van der Waals surface area contributed by atoms with Gasteiger partial charge in [0.2, 0.25) is 11.5 Å². The molecule has 1 aromatic heterocycles. The number of carbonyl (C=O) groups excluding carboxylic acids is 2. The molecule has 0 unspecified atom stereocenters. The summed E-state index contributed by atoms with van der Waals surface area (Å²) in [6.45, 7) is 0. The molecule has 1 atom stereocenters. The van der Waals surface area contributed by atoms with Crippen molar-refractivity contribution in [3.8, 4) is 0 Å². The first-order valence-corrected chi connectivity index (χ1v) is 8.35. The number of hydrogen-bond acceptors (Lipinski definition) is 3. The van der Waals surface area contributed by atoms with Gasteiger partial charge in [0, 0.05) is 31.8 Å². The normalized spacial score (nSPS) is 14.6. The maximum atomic E-state index is 12.5. The minimum atomic E-state index is -0.660. The summed E-state index contributed by atoms with van der Waals surface area (Å²) in [5, 5.41) is 5.74. The van der Waals surface area contributed by atoms with Gasteiger partial charge in [-0.25, -0.2) is 0 Å². The molecule has 0 spiro atoms. The molecule has 2 amide bonds. The Morgan fingerprint density at radius 1 is 1.16 bits per heavy atom. The highest BCUT2D eigenvalue weighted by Crippen LogP contribution is 2.19. The number of hydrogen-bond donors (Lipinski definition) is 2. The van der Waals surface area contributed by atoms with Crippen LogP contribution in [0.5, 0.6) is 0 Å². The minimum Gasteiger partial charge on any atom is -0.352 e. The molecule has 1 aromatic carbocycles. The summed E-state index contributed by atoms with van der Waals surface area (Å²) < 4.78 is 1.34. The second-order valence-corrected chi connectivity index (χ2v) is 6.37. The fourth-order valence-corrected chi connectivity index (χ4v) is 2.56. The van der Waals surface area contributed by atoms with Crippen LogP contribution in [0.25, 0.3) is 0 Å². The fraction of sp³-hybridized carbons (Fsp3) is 0.316. The van der Waals surface area contributed by atoms with E-state index in [2.05, 4.69) is 10.6 Å². The van der Waals surface area contributed by atoms with Crippen LogP contribution in [0.3, 0.4) is 0 Å². The Labute approximate surface area is 145 Å². The van der Waals surface area contributed by atoms with Crippen LogP contribution in [0.4, 0.5) is 0 Å². The molecule has 6 heteroatoms. The first-order chi connectivity index (χ1) is 12.0. The third-order valence-electron chi connectivity index (χ3n) is 4.18. The lowest BCUT2D eigenvalue weighted by Gasteiger charge is -2.19. The molecule has 6 nitrogen and oxygen atoms in total. The van der Waals surface area contributed by atoms with E-state index < -0.39 is 6.04 Å². The topological polar surface area (TPSA) is 80.2 Å². The van der Waals surface area contributed by atoms with E-state index in [0.29, 0.717) is 12.0 Å². The Kier molecular flexibility index (Phi) is 4.97. The number of rotatable bonds is 6. The molecule has 1 saturated carbocycles. The van der Waals surface area contributed by atoms with Gasteiger partial charge in [0.15, 0.2) is 0 Å². The van der Waals surface area contributed by atoms with Gasteiger partial charge in [0.25, 0.3) is 5.91 Å². The van der Waals surface area contributed by atoms with E-state index in [1.807, 2.05) is 30.3 Å². The molecule has 1 aliphatic carbocycles. The lowest BCUT2D eigenvalue weighted by molar-refractivity contribution is -0.123. The molecule has 25 heavy (non-hydrogen) atoms. The zero-order valence-corrected chi connectivity index (χ0v) is 14.1. The van der Waals surface area contributed by atoms with E-state index in [4.69, 9.17) is 0 Å². The Balaban J connectivity index is 1.75. The zero-order chi connectivity index (χ0) is 17.8. The van der Waals surface area contributed by atoms with Crippen molar-refractivity contribution in [3.05, 3.63) is 70.1 Å². The first-order valence-electron chi connectivity index (χ1n) is 8.35. The number of amides is 2. The van der Waals surface area contributed by atoms with Crippen molar-refractivity contribution in [3.63, 3.8) is 0 Å². The largest absolute Gasteiger partial charge is 0.352 e. The summed E-state index contributed by atoms with van der Waals surface area (Å²) >= 11 is 0. The van der Waals surface area contributed by atoms with Crippen LogP contribution < -0.4 is 16.2 Å². The van der Waals surface area contributed by atoms with Crippen molar-refractivity contribution < 1.29 is 9.59 Å². The molecule has 0 saturated heterocycles. The van der Waals surface area contributed by atoms with Crippen LogP contribution in [-0.4, -0.2) is 28.5 Å². The Morgan fingerprint density at radius 3 is 2.52 bits per heavy atom. The van der Waals surface area contributed by atoms with Gasteiger partial charge < -0.3 is 15.2 Å². The summed E-state index contributed by atoms with van der Waals surface area (Å²) in [7, 11) is 1.58. The average Bonchev–Trinajstić information content (AvgIpc) is 3.41. The van der Waals surface area contributed by atoms with Crippen molar-refractivity contribution in [2.75, 3.05) is 0 Å². The van der Waals surface area contributed by atoms with Crippen LogP contribution in [-0.2, 0) is 18.3 Å². The Morgan fingerprint density at radius 2 is 1.88 bits per heavy atom. The van der Waals surface area contributed by atoms with Gasteiger partial charge in [0.05, 0.1) is 5.56 Å². The molecule has 2 N–H and O–H groups in total. The van der Waals surface area contributed by atoms with E-state index in [9.17, 15) is 14.4 Å². The molecule has 3 rings (SSSR count). The maximum absolute atomic E-state index is 12.5. The molecule has 2 aromatic rings. The van der Waals surface area contributed by atoms with Gasteiger partial charge in [-0.3, -0.25) is 14.4 Å². The number of benzene rings is 1. The summed E-state index contributed by atoms with van der Waals surface area (Å²) in [5.74, 6) is -0.549. The monoisotopic (exact) mass is 339 g/mol. The third kappa shape index (κ3) is 4.56. The maximum Gasteiger partial charge on any atom is 0.253 e. The molecule has 130 valence electrons. The summed E-state index contributed by atoms with van der Waals surface area (Å²) in [6.07, 6.45) is 3.85. The van der Waals surface area contributed by atoms with Crippen LogP contribution >= 0.6 is 0 Å². The van der Waals surface area contributed by atoms with Gasteiger partial charge in [-0.1, -0.05) is 30.3 Å². The quantitative estimate of drug-likeness (QED) is 0.824. The summed E-state index contributed by atoms with van der Waals surface area (Å²) in [6, 6.07) is 11.9. The Hall–Kier alpha value is -2.89. The van der Waals surface area contributed by atoms with E-state index in [0.717, 1.165) is 18.4 Å². The first kappa shape index (κ1) is 17.0.